The first-order valence-electron chi connectivity index (χ1n) is 5.85. The number of benzene rings is 1. The van der Waals surface area contributed by atoms with Crippen LogP contribution in [0.2, 0.25) is 0 Å². The summed E-state index contributed by atoms with van der Waals surface area (Å²) < 4.78 is 10.9. The standard InChI is InChI=1S/C12H16N2O4/c1-13-12-3-2-10(14(15)16)6-9(12)7-18-11-4-5-17-8-11/h2-3,6,11,13H,4-5,7-8H2,1H3. The van der Waals surface area contributed by atoms with Crippen LogP contribution in [0.3, 0.4) is 0 Å². The molecule has 1 N–H and O–H groups in total. The highest BCUT2D eigenvalue weighted by atomic mass is 16.6. The molecule has 0 aliphatic carbocycles. The van der Waals surface area contributed by atoms with E-state index in [1.165, 1.54) is 6.07 Å². The topological polar surface area (TPSA) is 73.6 Å². The van der Waals surface area contributed by atoms with E-state index in [1.54, 1.807) is 19.2 Å². The highest BCUT2D eigenvalue weighted by Gasteiger charge is 2.17. The van der Waals surface area contributed by atoms with Gasteiger partial charge in [0.2, 0.25) is 0 Å². The minimum Gasteiger partial charge on any atom is -0.388 e. The predicted octanol–water partition coefficient (Wildman–Crippen LogP) is 1.94. The van der Waals surface area contributed by atoms with E-state index in [9.17, 15) is 10.1 Å². The van der Waals surface area contributed by atoms with Crippen molar-refractivity contribution in [2.75, 3.05) is 25.6 Å². The Bertz CT molecular complexity index is 430. The van der Waals surface area contributed by atoms with Gasteiger partial charge in [0, 0.05) is 37.0 Å². The summed E-state index contributed by atoms with van der Waals surface area (Å²) in [6.07, 6.45) is 0.970. The second kappa shape index (κ2) is 5.79. The number of nitrogens with one attached hydrogen (secondary N) is 1. The highest BCUT2D eigenvalue weighted by molar-refractivity contribution is 5.55. The maximum Gasteiger partial charge on any atom is 0.269 e. The van der Waals surface area contributed by atoms with Gasteiger partial charge in [0.25, 0.3) is 5.69 Å². The predicted molar refractivity (Wildman–Crippen MR) is 66.7 cm³/mol. The van der Waals surface area contributed by atoms with Crippen LogP contribution in [0.25, 0.3) is 0 Å². The number of rotatable bonds is 5. The van der Waals surface area contributed by atoms with E-state index in [2.05, 4.69) is 5.32 Å². The summed E-state index contributed by atoms with van der Waals surface area (Å²) in [6, 6.07) is 4.72. The molecule has 1 aliphatic heterocycles. The Labute approximate surface area is 105 Å². The van der Waals surface area contributed by atoms with Crippen LogP contribution >= 0.6 is 0 Å². The molecule has 0 aromatic heterocycles. The molecule has 1 heterocycles. The molecule has 6 heteroatoms. The molecule has 1 unspecified atom stereocenters. The summed E-state index contributed by atoms with van der Waals surface area (Å²) in [4.78, 5) is 10.3. The molecule has 1 fully saturated rings. The zero-order chi connectivity index (χ0) is 13.0. The zero-order valence-electron chi connectivity index (χ0n) is 10.2. The molecule has 1 aromatic rings. The molecule has 98 valence electrons. The molecule has 0 bridgehead atoms. The van der Waals surface area contributed by atoms with Crippen LogP contribution in [-0.4, -0.2) is 31.3 Å². The Morgan fingerprint density at radius 1 is 1.61 bits per heavy atom. The second-order valence-electron chi connectivity index (χ2n) is 4.15. The summed E-state index contributed by atoms with van der Waals surface area (Å²) in [7, 11) is 1.78. The average Bonchev–Trinajstić information content (AvgIpc) is 2.89. The minimum atomic E-state index is -0.401. The van der Waals surface area contributed by atoms with Gasteiger partial charge in [0.1, 0.15) is 0 Å². The molecule has 1 aliphatic rings. The molecule has 6 nitrogen and oxygen atoms in total. The van der Waals surface area contributed by atoms with E-state index in [0.717, 1.165) is 24.3 Å². The number of hydrogen-bond acceptors (Lipinski definition) is 5. The van der Waals surface area contributed by atoms with Crippen molar-refractivity contribution in [3.63, 3.8) is 0 Å². The van der Waals surface area contributed by atoms with E-state index >= 15 is 0 Å². The van der Waals surface area contributed by atoms with E-state index in [1.807, 2.05) is 0 Å². The van der Waals surface area contributed by atoms with Gasteiger partial charge in [-0.15, -0.1) is 0 Å². The van der Waals surface area contributed by atoms with Crippen LogP contribution in [0, 0.1) is 10.1 Å². The highest BCUT2D eigenvalue weighted by Crippen LogP contribution is 2.23. The van der Waals surface area contributed by atoms with Crippen molar-refractivity contribution in [2.45, 2.75) is 19.1 Å². The third-order valence-corrected chi connectivity index (χ3v) is 2.93. The fourth-order valence-electron chi connectivity index (χ4n) is 1.91. The van der Waals surface area contributed by atoms with E-state index < -0.39 is 4.92 Å². The van der Waals surface area contributed by atoms with Crippen molar-refractivity contribution in [2.24, 2.45) is 0 Å². The normalized spacial score (nSPS) is 18.8. The quantitative estimate of drug-likeness (QED) is 0.640. The lowest BCUT2D eigenvalue weighted by atomic mass is 10.1. The number of non-ortho nitro benzene ring substituents is 1. The van der Waals surface area contributed by atoms with Gasteiger partial charge < -0.3 is 14.8 Å². The van der Waals surface area contributed by atoms with Gasteiger partial charge in [0.05, 0.1) is 24.2 Å². The fourth-order valence-corrected chi connectivity index (χ4v) is 1.91. The molecule has 0 saturated carbocycles. The van der Waals surface area contributed by atoms with E-state index in [0.29, 0.717) is 13.2 Å². The van der Waals surface area contributed by atoms with Crippen LogP contribution in [0.1, 0.15) is 12.0 Å². The van der Waals surface area contributed by atoms with Gasteiger partial charge in [-0.05, 0) is 12.5 Å². The number of nitro benzene ring substituents is 1. The van der Waals surface area contributed by atoms with Gasteiger partial charge in [-0.3, -0.25) is 10.1 Å². The summed E-state index contributed by atoms with van der Waals surface area (Å²) in [5.74, 6) is 0. The molecule has 1 saturated heterocycles. The largest absolute Gasteiger partial charge is 0.388 e. The Hall–Kier alpha value is -1.66. The Morgan fingerprint density at radius 2 is 2.44 bits per heavy atom. The molecule has 1 atom stereocenters. The maximum absolute atomic E-state index is 10.7. The number of nitro groups is 1. The first-order chi connectivity index (χ1) is 8.70. The molecule has 18 heavy (non-hydrogen) atoms. The molecule has 2 rings (SSSR count). The summed E-state index contributed by atoms with van der Waals surface area (Å²) in [6.45, 7) is 1.67. The molecule has 0 spiro atoms. The van der Waals surface area contributed by atoms with Crippen LogP contribution < -0.4 is 5.32 Å². The first-order valence-corrected chi connectivity index (χ1v) is 5.85. The summed E-state index contributed by atoms with van der Waals surface area (Å²) in [5, 5.41) is 13.7. The van der Waals surface area contributed by atoms with Crippen LogP contribution in [-0.2, 0) is 16.1 Å². The zero-order valence-corrected chi connectivity index (χ0v) is 10.2. The first kappa shape index (κ1) is 12.8. The monoisotopic (exact) mass is 252 g/mol. The van der Waals surface area contributed by atoms with E-state index in [4.69, 9.17) is 9.47 Å². The molecule has 0 amide bonds. The summed E-state index contributed by atoms with van der Waals surface area (Å²) in [5.41, 5.74) is 1.72. The molecular weight excluding hydrogens is 236 g/mol. The van der Waals surface area contributed by atoms with Crippen LogP contribution in [0.4, 0.5) is 11.4 Å². The maximum atomic E-state index is 10.7. The smallest absolute Gasteiger partial charge is 0.269 e. The minimum absolute atomic E-state index is 0.0790. The van der Waals surface area contributed by atoms with Crippen molar-refractivity contribution in [1.82, 2.24) is 0 Å². The molecule has 0 radical (unpaired) electrons. The Balaban J connectivity index is 2.08. The van der Waals surface area contributed by atoms with Crippen molar-refractivity contribution in [3.8, 4) is 0 Å². The van der Waals surface area contributed by atoms with Gasteiger partial charge in [-0.1, -0.05) is 0 Å². The number of hydrogen-bond donors (Lipinski definition) is 1. The number of ether oxygens (including phenoxy) is 2. The lowest BCUT2D eigenvalue weighted by Crippen LogP contribution is -2.12. The summed E-state index contributed by atoms with van der Waals surface area (Å²) >= 11 is 0. The molecular formula is C12H16N2O4. The van der Waals surface area contributed by atoms with Crippen molar-refractivity contribution < 1.29 is 14.4 Å². The van der Waals surface area contributed by atoms with Crippen molar-refractivity contribution in [1.29, 1.82) is 0 Å². The van der Waals surface area contributed by atoms with Gasteiger partial charge in [0.15, 0.2) is 0 Å². The van der Waals surface area contributed by atoms with Crippen LogP contribution in [0.5, 0.6) is 0 Å². The van der Waals surface area contributed by atoms with Gasteiger partial charge in [-0.2, -0.15) is 0 Å². The third-order valence-electron chi connectivity index (χ3n) is 2.93. The third kappa shape index (κ3) is 2.96. The van der Waals surface area contributed by atoms with E-state index in [-0.39, 0.29) is 11.8 Å². The van der Waals surface area contributed by atoms with Crippen molar-refractivity contribution in [3.05, 3.63) is 33.9 Å². The average molecular weight is 252 g/mol. The van der Waals surface area contributed by atoms with Crippen LogP contribution in [0.15, 0.2) is 18.2 Å². The lowest BCUT2D eigenvalue weighted by molar-refractivity contribution is -0.384. The second-order valence-corrected chi connectivity index (χ2v) is 4.15. The van der Waals surface area contributed by atoms with Crippen molar-refractivity contribution >= 4 is 11.4 Å². The SMILES string of the molecule is CNc1ccc([N+](=O)[O-])cc1COC1CCOC1. The Morgan fingerprint density at radius 3 is 3.06 bits per heavy atom. The fraction of sp³-hybridized carbons (Fsp3) is 0.500. The van der Waals surface area contributed by atoms with Gasteiger partial charge in [-0.25, -0.2) is 0 Å². The molecule has 1 aromatic carbocycles. The Kier molecular flexibility index (Phi) is 4.11. The number of anilines is 1. The van der Waals surface area contributed by atoms with Gasteiger partial charge >= 0.3 is 0 Å². The lowest BCUT2D eigenvalue weighted by Gasteiger charge is -2.12. The number of nitrogens with zero attached hydrogens (tertiary/aromatic N) is 1.